The van der Waals surface area contributed by atoms with Crippen molar-refractivity contribution in [2.24, 2.45) is 13.0 Å². The summed E-state index contributed by atoms with van der Waals surface area (Å²) in [5.74, 6) is 2.26. The summed E-state index contributed by atoms with van der Waals surface area (Å²) in [4.78, 5) is 14.5. The molecule has 0 spiro atoms. The second-order valence-corrected chi connectivity index (χ2v) is 7.23. The Hall–Kier alpha value is -2.11. The van der Waals surface area contributed by atoms with E-state index in [1.165, 1.54) is 12.0 Å². The summed E-state index contributed by atoms with van der Waals surface area (Å²) in [6.45, 7) is 3.83. The van der Waals surface area contributed by atoms with Crippen LogP contribution in [0.25, 0.3) is 0 Å². The van der Waals surface area contributed by atoms with Crippen molar-refractivity contribution < 1.29 is 9.32 Å². The Bertz CT molecular complexity index is 740. The smallest absolute Gasteiger partial charge is 0.272 e. The van der Waals surface area contributed by atoms with Gasteiger partial charge in [0, 0.05) is 37.8 Å². The van der Waals surface area contributed by atoms with Crippen molar-refractivity contribution in [3.63, 3.8) is 0 Å². The second-order valence-electron chi connectivity index (χ2n) is 7.23. The minimum atomic E-state index is 0.0710. The van der Waals surface area contributed by atoms with Crippen LogP contribution in [0, 0.1) is 5.92 Å². The molecule has 2 aromatic rings. The van der Waals surface area contributed by atoms with E-state index in [4.69, 9.17) is 4.52 Å². The molecule has 6 heteroatoms. The zero-order valence-corrected chi connectivity index (χ0v) is 14.4. The third-order valence-corrected chi connectivity index (χ3v) is 5.52. The Kier molecular flexibility index (Phi) is 3.90. The number of amides is 1. The fraction of sp³-hybridized carbons (Fsp3) is 0.611. The van der Waals surface area contributed by atoms with Crippen molar-refractivity contribution in [3.05, 3.63) is 35.0 Å². The van der Waals surface area contributed by atoms with Gasteiger partial charge in [0.1, 0.15) is 11.5 Å². The molecule has 6 nitrogen and oxygen atoms in total. The predicted octanol–water partition coefficient (Wildman–Crippen LogP) is 2.55. The first-order chi connectivity index (χ1) is 11.6. The standard InChI is InChI=1S/C18H24N4O2/c1-12-3-4-15-14(11-12)17(24-20-15)13-6-9-22(10-7-13)18(23)16-5-8-19-21(16)2/h5,8,12-13H,3-4,6-7,9-11H2,1-2H3. The minimum Gasteiger partial charge on any atom is -0.361 e. The maximum Gasteiger partial charge on any atom is 0.272 e. The lowest BCUT2D eigenvalue weighted by atomic mass is 9.83. The summed E-state index contributed by atoms with van der Waals surface area (Å²) in [6, 6.07) is 1.78. The molecular formula is C18H24N4O2. The number of rotatable bonds is 2. The molecule has 2 aromatic heterocycles. The van der Waals surface area contributed by atoms with Crippen molar-refractivity contribution in [3.8, 4) is 0 Å². The molecule has 0 radical (unpaired) electrons. The van der Waals surface area contributed by atoms with Crippen LogP contribution in [0.5, 0.6) is 0 Å². The predicted molar refractivity (Wildman–Crippen MR) is 88.8 cm³/mol. The molecular weight excluding hydrogens is 304 g/mol. The molecule has 24 heavy (non-hydrogen) atoms. The van der Waals surface area contributed by atoms with Gasteiger partial charge in [0.15, 0.2) is 0 Å². The van der Waals surface area contributed by atoms with Crippen LogP contribution >= 0.6 is 0 Å². The van der Waals surface area contributed by atoms with Crippen LogP contribution in [0.3, 0.4) is 0 Å². The highest BCUT2D eigenvalue weighted by molar-refractivity contribution is 5.92. The first kappa shape index (κ1) is 15.4. The number of likely N-dealkylation sites (tertiary alicyclic amines) is 1. The molecule has 0 bridgehead atoms. The molecule has 3 heterocycles. The summed E-state index contributed by atoms with van der Waals surface area (Å²) in [5.41, 5.74) is 3.17. The summed E-state index contributed by atoms with van der Waals surface area (Å²) in [5, 5.41) is 8.39. The highest BCUT2D eigenvalue weighted by Crippen LogP contribution is 2.36. The van der Waals surface area contributed by atoms with Crippen LogP contribution in [0.15, 0.2) is 16.8 Å². The first-order valence-corrected chi connectivity index (χ1v) is 8.88. The molecule has 0 saturated carbocycles. The number of carbonyl (C=O) groups is 1. The lowest BCUT2D eigenvalue weighted by Gasteiger charge is -2.31. The third kappa shape index (κ3) is 2.64. The summed E-state index contributed by atoms with van der Waals surface area (Å²) in [7, 11) is 1.81. The van der Waals surface area contributed by atoms with Crippen molar-refractivity contribution in [1.82, 2.24) is 19.8 Å². The van der Waals surface area contributed by atoms with Crippen molar-refractivity contribution >= 4 is 5.91 Å². The van der Waals surface area contributed by atoms with Crippen molar-refractivity contribution in [2.45, 2.75) is 44.9 Å². The average molecular weight is 328 g/mol. The van der Waals surface area contributed by atoms with E-state index in [1.807, 2.05) is 11.9 Å². The monoisotopic (exact) mass is 328 g/mol. The Morgan fingerprint density at radius 1 is 1.29 bits per heavy atom. The zero-order chi connectivity index (χ0) is 16.7. The quantitative estimate of drug-likeness (QED) is 0.850. The first-order valence-electron chi connectivity index (χ1n) is 8.88. The molecule has 1 unspecified atom stereocenters. The number of fused-ring (bicyclic) bond motifs is 1. The van der Waals surface area contributed by atoms with E-state index in [1.54, 1.807) is 16.9 Å². The fourth-order valence-corrected chi connectivity index (χ4v) is 4.02. The third-order valence-electron chi connectivity index (χ3n) is 5.52. The van der Waals surface area contributed by atoms with Crippen LogP contribution < -0.4 is 0 Å². The minimum absolute atomic E-state index is 0.0710. The second kappa shape index (κ2) is 6.07. The van der Waals surface area contributed by atoms with Gasteiger partial charge in [-0.25, -0.2) is 0 Å². The SMILES string of the molecule is CC1CCc2noc(C3CCN(C(=O)c4ccnn4C)CC3)c2C1. The summed E-state index contributed by atoms with van der Waals surface area (Å²) in [6.07, 6.45) is 6.89. The Morgan fingerprint density at radius 2 is 2.08 bits per heavy atom. The van der Waals surface area contributed by atoms with E-state index >= 15 is 0 Å². The van der Waals surface area contributed by atoms with Gasteiger partial charge in [-0.3, -0.25) is 9.48 Å². The molecule has 1 aliphatic heterocycles. The highest BCUT2D eigenvalue weighted by Gasteiger charge is 2.32. The molecule has 128 valence electrons. The van der Waals surface area contributed by atoms with Gasteiger partial charge in [0.05, 0.1) is 5.69 Å². The maximum atomic E-state index is 12.6. The topological polar surface area (TPSA) is 64.2 Å². The number of hydrogen-bond acceptors (Lipinski definition) is 4. The largest absolute Gasteiger partial charge is 0.361 e. The zero-order valence-electron chi connectivity index (χ0n) is 14.4. The van der Waals surface area contributed by atoms with E-state index in [9.17, 15) is 4.79 Å². The molecule has 1 saturated heterocycles. The van der Waals surface area contributed by atoms with Crippen LogP contribution in [0.1, 0.15) is 59.6 Å². The van der Waals surface area contributed by atoms with Crippen LogP contribution in [-0.4, -0.2) is 38.8 Å². The summed E-state index contributed by atoms with van der Waals surface area (Å²) < 4.78 is 7.37. The normalized spacial score (nSPS) is 21.8. The molecule has 1 aliphatic carbocycles. The van der Waals surface area contributed by atoms with E-state index < -0.39 is 0 Å². The van der Waals surface area contributed by atoms with Gasteiger partial charge < -0.3 is 9.42 Å². The fourth-order valence-electron chi connectivity index (χ4n) is 4.02. The average Bonchev–Trinajstić information content (AvgIpc) is 3.20. The Balaban J connectivity index is 1.45. The molecule has 0 aromatic carbocycles. The number of piperidine rings is 1. The number of nitrogens with zero attached hydrogens (tertiary/aromatic N) is 4. The number of carbonyl (C=O) groups excluding carboxylic acids is 1. The number of aryl methyl sites for hydroxylation is 2. The van der Waals surface area contributed by atoms with Gasteiger partial charge in [-0.15, -0.1) is 0 Å². The summed E-state index contributed by atoms with van der Waals surface area (Å²) >= 11 is 0. The van der Waals surface area contributed by atoms with Crippen LogP contribution in [0.4, 0.5) is 0 Å². The van der Waals surface area contributed by atoms with Crippen molar-refractivity contribution in [1.29, 1.82) is 0 Å². The van der Waals surface area contributed by atoms with Gasteiger partial charge in [-0.2, -0.15) is 5.10 Å². The van der Waals surface area contributed by atoms with Gasteiger partial charge in [0.2, 0.25) is 0 Å². The lowest BCUT2D eigenvalue weighted by Crippen LogP contribution is -2.38. The van der Waals surface area contributed by atoms with Gasteiger partial charge in [-0.05, 0) is 44.1 Å². The molecule has 1 atom stereocenters. The maximum absolute atomic E-state index is 12.6. The number of aromatic nitrogens is 3. The molecule has 1 amide bonds. The molecule has 0 N–H and O–H groups in total. The van der Waals surface area contributed by atoms with E-state index in [0.717, 1.165) is 50.2 Å². The van der Waals surface area contributed by atoms with Gasteiger partial charge in [0.25, 0.3) is 5.91 Å². The molecule has 2 aliphatic rings. The Morgan fingerprint density at radius 3 is 2.79 bits per heavy atom. The van der Waals surface area contributed by atoms with Gasteiger partial charge >= 0.3 is 0 Å². The van der Waals surface area contributed by atoms with E-state index in [0.29, 0.717) is 17.5 Å². The van der Waals surface area contributed by atoms with Crippen LogP contribution in [-0.2, 0) is 19.9 Å². The lowest BCUT2D eigenvalue weighted by molar-refractivity contribution is 0.0694. The van der Waals surface area contributed by atoms with E-state index in [2.05, 4.69) is 17.2 Å². The van der Waals surface area contributed by atoms with Crippen molar-refractivity contribution in [2.75, 3.05) is 13.1 Å². The highest BCUT2D eigenvalue weighted by atomic mass is 16.5. The Labute approximate surface area is 141 Å². The van der Waals surface area contributed by atoms with Gasteiger partial charge in [-0.1, -0.05) is 12.1 Å². The molecule has 4 rings (SSSR count). The van der Waals surface area contributed by atoms with E-state index in [-0.39, 0.29) is 5.91 Å². The molecule has 1 fully saturated rings. The number of hydrogen-bond donors (Lipinski definition) is 0. The van der Waals surface area contributed by atoms with Crippen LogP contribution in [0.2, 0.25) is 0 Å².